The largest absolute Gasteiger partial charge is 0.481 e. The highest BCUT2D eigenvalue weighted by Gasteiger charge is 2.19. The minimum atomic E-state index is -0.845. The molecule has 3 heteroatoms. The van der Waals surface area contributed by atoms with Gasteiger partial charge in [-0.25, -0.2) is 0 Å². The van der Waals surface area contributed by atoms with E-state index < -0.39 is 18.0 Å². The summed E-state index contributed by atoms with van der Waals surface area (Å²) in [5, 5.41) is 18.3. The third kappa shape index (κ3) is 4.03. The molecule has 0 amide bonds. The molecule has 3 nitrogen and oxygen atoms in total. The molecule has 0 radical (unpaired) electrons. The second-order valence-corrected chi connectivity index (χ2v) is 4.31. The summed E-state index contributed by atoms with van der Waals surface area (Å²) in [7, 11) is 0. The molecule has 88 valence electrons. The standard InChI is InChI=1S/C13H18O3/c1-9-4-3-5-11(6-9)8-12(13(15)16)7-10(2)14/h3-6,10,12,14H,7-8H2,1-2H3,(H,15,16). The van der Waals surface area contributed by atoms with Crippen molar-refractivity contribution in [2.75, 3.05) is 0 Å². The van der Waals surface area contributed by atoms with Crippen molar-refractivity contribution in [1.29, 1.82) is 0 Å². The maximum atomic E-state index is 11.0. The van der Waals surface area contributed by atoms with Crippen LogP contribution in [0.15, 0.2) is 24.3 Å². The van der Waals surface area contributed by atoms with Crippen molar-refractivity contribution in [2.24, 2.45) is 5.92 Å². The van der Waals surface area contributed by atoms with Crippen LogP contribution >= 0.6 is 0 Å². The first-order valence-corrected chi connectivity index (χ1v) is 5.45. The van der Waals surface area contributed by atoms with Gasteiger partial charge >= 0.3 is 5.97 Å². The van der Waals surface area contributed by atoms with Gasteiger partial charge in [0.2, 0.25) is 0 Å². The Morgan fingerprint density at radius 2 is 2.12 bits per heavy atom. The van der Waals surface area contributed by atoms with E-state index in [4.69, 9.17) is 5.11 Å². The van der Waals surface area contributed by atoms with Gasteiger partial charge in [0.25, 0.3) is 0 Å². The summed E-state index contributed by atoms with van der Waals surface area (Å²) in [5.74, 6) is -1.36. The van der Waals surface area contributed by atoms with Crippen molar-refractivity contribution in [3.8, 4) is 0 Å². The Bertz CT molecular complexity index is 358. The van der Waals surface area contributed by atoms with Crippen molar-refractivity contribution in [3.63, 3.8) is 0 Å². The maximum Gasteiger partial charge on any atom is 0.306 e. The second kappa shape index (κ2) is 5.66. The fraction of sp³-hybridized carbons (Fsp3) is 0.462. The zero-order valence-electron chi connectivity index (χ0n) is 9.68. The summed E-state index contributed by atoms with van der Waals surface area (Å²) in [6.07, 6.45) is 0.191. The number of hydrogen-bond acceptors (Lipinski definition) is 2. The van der Waals surface area contributed by atoms with Crippen LogP contribution in [0.2, 0.25) is 0 Å². The molecule has 2 unspecified atom stereocenters. The van der Waals surface area contributed by atoms with Gasteiger partial charge in [0.1, 0.15) is 0 Å². The summed E-state index contributed by atoms with van der Waals surface area (Å²) in [5.41, 5.74) is 2.13. The van der Waals surface area contributed by atoms with E-state index in [2.05, 4.69) is 0 Å². The number of rotatable bonds is 5. The number of aryl methyl sites for hydroxylation is 1. The molecule has 0 aromatic heterocycles. The summed E-state index contributed by atoms with van der Waals surface area (Å²) in [6, 6.07) is 7.81. The molecule has 0 spiro atoms. The Kier molecular flexibility index (Phi) is 4.50. The number of aliphatic carboxylic acids is 1. The first-order valence-electron chi connectivity index (χ1n) is 5.45. The van der Waals surface area contributed by atoms with Gasteiger partial charge in [0.15, 0.2) is 0 Å². The molecule has 16 heavy (non-hydrogen) atoms. The Morgan fingerprint density at radius 3 is 2.62 bits per heavy atom. The van der Waals surface area contributed by atoms with Gasteiger partial charge < -0.3 is 10.2 Å². The van der Waals surface area contributed by atoms with E-state index >= 15 is 0 Å². The molecule has 0 saturated carbocycles. The van der Waals surface area contributed by atoms with Gasteiger partial charge in [0, 0.05) is 0 Å². The number of carboxylic acids is 1. The van der Waals surface area contributed by atoms with Crippen molar-refractivity contribution in [1.82, 2.24) is 0 Å². The lowest BCUT2D eigenvalue weighted by molar-refractivity contribution is -0.142. The molecule has 1 aromatic carbocycles. The highest BCUT2D eigenvalue weighted by molar-refractivity contribution is 5.70. The van der Waals surface area contributed by atoms with Crippen LogP contribution in [0.1, 0.15) is 24.5 Å². The topological polar surface area (TPSA) is 57.5 Å². The third-order valence-electron chi connectivity index (χ3n) is 2.54. The molecular formula is C13H18O3. The minimum Gasteiger partial charge on any atom is -0.481 e. The van der Waals surface area contributed by atoms with Gasteiger partial charge in [0.05, 0.1) is 12.0 Å². The van der Waals surface area contributed by atoms with Crippen LogP contribution < -0.4 is 0 Å². The van der Waals surface area contributed by atoms with E-state index in [1.807, 2.05) is 31.2 Å². The number of aliphatic hydroxyl groups excluding tert-OH is 1. The molecule has 0 heterocycles. The van der Waals surface area contributed by atoms with E-state index in [0.717, 1.165) is 11.1 Å². The van der Waals surface area contributed by atoms with Crippen LogP contribution in [0.25, 0.3) is 0 Å². The summed E-state index contributed by atoms with van der Waals surface area (Å²) < 4.78 is 0. The normalized spacial score (nSPS) is 14.4. The zero-order chi connectivity index (χ0) is 12.1. The summed E-state index contributed by atoms with van der Waals surface area (Å²) >= 11 is 0. The number of benzene rings is 1. The Labute approximate surface area is 95.7 Å². The van der Waals surface area contributed by atoms with Crippen LogP contribution in [-0.4, -0.2) is 22.3 Å². The third-order valence-corrected chi connectivity index (χ3v) is 2.54. The summed E-state index contributed by atoms with van der Waals surface area (Å²) in [6.45, 7) is 3.60. The first-order chi connectivity index (χ1) is 7.49. The van der Waals surface area contributed by atoms with Gasteiger partial charge in [-0.2, -0.15) is 0 Å². The molecule has 2 N–H and O–H groups in total. The Balaban J connectivity index is 2.71. The zero-order valence-corrected chi connectivity index (χ0v) is 9.68. The lowest BCUT2D eigenvalue weighted by Crippen LogP contribution is -2.21. The van der Waals surface area contributed by atoms with E-state index in [0.29, 0.717) is 12.8 Å². The van der Waals surface area contributed by atoms with E-state index in [9.17, 15) is 9.90 Å². The maximum absolute atomic E-state index is 11.0. The molecular weight excluding hydrogens is 204 g/mol. The first kappa shape index (κ1) is 12.7. The molecule has 0 aliphatic carbocycles. The van der Waals surface area contributed by atoms with Crippen molar-refractivity contribution >= 4 is 5.97 Å². The predicted octanol–water partition coefficient (Wildman–Crippen LogP) is 2.01. The molecule has 0 aliphatic rings. The molecule has 1 aromatic rings. The lowest BCUT2D eigenvalue weighted by atomic mass is 9.93. The van der Waals surface area contributed by atoms with Crippen LogP contribution in [0.4, 0.5) is 0 Å². The van der Waals surface area contributed by atoms with E-state index in [-0.39, 0.29) is 0 Å². The fourth-order valence-corrected chi connectivity index (χ4v) is 1.81. The molecule has 1 rings (SSSR count). The quantitative estimate of drug-likeness (QED) is 0.801. The SMILES string of the molecule is Cc1cccc(CC(CC(C)O)C(=O)O)c1. The van der Waals surface area contributed by atoms with Crippen LogP contribution in [-0.2, 0) is 11.2 Å². The van der Waals surface area contributed by atoms with Crippen molar-refractivity contribution < 1.29 is 15.0 Å². The smallest absolute Gasteiger partial charge is 0.306 e. The average molecular weight is 222 g/mol. The van der Waals surface area contributed by atoms with Gasteiger partial charge in [-0.1, -0.05) is 29.8 Å². The minimum absolute atomic E-state index is 0.295. The Morgan fingerprint density at radius 1 is 1.44 bits per heavy atom. The van der Waals surface area contributed by atoms with Gasteiger partial charge in [-0.3, -0.25) is 4.79 Å². The van der Waals surface area contributed by atoms with Crippen molar-refractivity contribution in [2.45, 2.75) is 32.8 Å². The van der Waals surface area contributed by atoms with Crippen molar-refractivity contribution in [3.05, 3.63) is 35.4 Å². The molecule has 0 bridgehead atoms. The van der Waals surface area contributed by atoms with Crippen LogP contribution in [0.5, 0.6) is 0 Å². The average Bonchev–Trinajstić information content (AvgIpc) is 2.15. The molecule has 0 aliphatic heterocycles. The second-order valence-electron chi connectivity index (χ2n) is 4.31. The highest BCUT2D eigenvalue weighted by atomic mass is 16.4. The van der Waals surface area contributed by atoms with Crippen LogP contribution in [0.3, 0.4) is 0 Å². The highest BCUT2D eigenvalue weighted by Crippen LogP contribution is 2.15. The lowest BCUT2D eigenvalue weighted by Gasteiger charge is -2.14. The van der Waals surface area contributed by atoms with Crippen LogP contribution in [0, 0.1) is 12.8 Å². The Hall–Kier alpha value is -1.35. The predicted molar refractivity (Wildman–Crippen MR) is 62.3 cm³/mol. The molecule has 0 fully saturated rings. The van der Waals surface area contributed by atoms with E-state index in [1.54, 1.807) is 6.92 Å². The monoisotopic (exact) mass is 222 g/mol. The molecule has 2 atom stereocenters. The number of carbonyl (C=O) groups is 1. The number of hydrogen-bond donors (Lipinski definition) is 2. The fourth-order valence-electron chi connectivity index (χ4n) is 1.81. The number of aliphatic hydroxyl groups is 1. The van der Waals surface area contributed by atoms with Gasteiger partial charge in [-0.15, -0.1) is 0 Å². The summed E-state index contributed by atoms with van der Waals surface area (Å²) in [4.78, 5) is 11.0. The molecule has 0 saturated heterocycles. The van der Waals surface area contributed by atoms with E-state index in [1.165, 1.54) is 0 Å². The van der Waals surface area contributed by atoms with Gasteiger partial charge in [-0.05, 0) is 32.3 Å². The number of carboxylic acid groups (broad SMARTS) is 1.